The molecule has 1 aliphatic rings. The normalized spacial score (nSPS) is 16.5. The number of carboxylic acid groups (broad SMARTS) is 1. The smallest absolute Gasteiger partial charge is 0.336 e. The van der Waals surface area contributed by atoms with Crippen molar-refractivity contribution in [2.24, 2.45) is 0 Å². The van der Waals surface area contributed by atoms with Crippen LogP contribution in [0.2, 0.25) is 0 Å². The lowest BCUT2D eigenvalue weighted by atomic mass is 10.1. The van der Waals surface area contributed by atoms with Gasteiger partial charge in [0, 0.05) is 42.8 Å². The first-order valence-corrected chi connectivity index (χ1v) is 7.73. The highest BCUT2D eigenvalue weighted by molar-refractivity contribution is 6.04. The van der Waals surface area contributed by atoms with Gasteiger partial charge in [0.25, 0.3) is 0 Å². The quantitative estimate of drug-likeness (QED) is 0.943. The van der Waals surface area contributed by atoms with E-state index < -0.39 is 5.97 Å². The summed E-state index contributed by atoms with van der Waals surface area (Å²) in [5, 5.41) is 10.4. The molecule has 1 saturated heterocycles. The van der Waals surface area contributed by atoms with E-state index in [9.17, 15) is 9.90 Å². The summed E-state index contributed by atoms with van der Waals surface area (Å²) in [6.45, 7) is 8.27. The van der Waals surface area contributed by atoms with Crippen molar-refractivity contribution in [2.75, 3.05) is 26.3 Å². The maximum Gasteiger partial charge on any atom is 0.336 e. The summed E-state index contributed by atoms with van der Waals surface area (Å²) >= 11 is 0. The van der Waals surface area contributed by atoms with Crippen LogP contribution in [0.1, 0.15) is 35.8 Å². The van der Waals surface area contributed by atoms with Gasteiger partial charge in [-0.1, -0.05) is 6.07 Å². The van der Waals surface area contributed by atoms with Gasteiger partial charge in [-0.15, -0.1) is 0 Å². The molecule has 5 heteroatoms. The van der Waals surface area contributed by atoms with Crippen LogP contribution in [0.5, 0.6) is 0 Å². The molecule has 0 saturated carbocycles. The Labute approximate surface area is 130 Å². The molecule has 1 fully saturated rings. The average Bonchev–Trinajstić information content (AvgIpc) is 2.87. The highest BCUT2D eigenvalue weighted by Crippen LogP contribution is 2.29. The molecule has 0 bridgehead atoms. The van der Waals surface area contributed by atoms with Gasteiger partial charge in [0.1, 0.15) is 0 Å². The Hall–Kier alpha value is -1.85. The molecule has 1 aromatic carbocycles. The summed E-state index contributed by atoms with van der Waals surface area (Å²) < 4.78 is 7.55. The van der Waals surface area contributed by atoms with E-state index in [0.29, 0.717) is 11.6 Å². The van der Waals surface area contributed by atoms with Crippen molar-refractivity contribution in [3.05, 3.63) is 35.5 Å². The molecular formula is C17H22N2O3. The van der Waals surface area contributed by atoms with Gasteiger partial charge in [-0.3, -0.25) is 4.90 Å². The van der Waals surface area contributed by atoms with Gasteiger partial charge >= 0.3 is 5.97 Å². The lowest BCUT2D eigenvalue weighted by Crippen LogP contribution is -2.35. The standard InChI is InChI=1S/C17H22N2O3/c1-12(2)19-11-13(10-18-6-8-22-9-7-18)16-14(17(20)21)4-3-5-15(16)19/h3-5,11-12H,6-10H2,1-2H3,(H,20,21). The molecule has 1 aromatic heterocycles. The molecular weight excluding hydrogens is 280 g/mol. The number of aromatic nitrogens is 1. The van der Waals surface area contributed by atoms with Crippen LogP contribution in [0.4, 0.5) is 0 Å². The molecule has 3 rings (SSSR count). The summed E-state index contributed by atoms with van der Waals surface area (Å²) in [6, 6.07) is 5.82. The summed E-state index contributed by atoms with van der Waals surface area (Å²) in [5.74, 6) is -0.865. The van der Waals surface area contributed by atoms with Crippen LogP contribution in [0.3, 0.4) is 0 Å². The van der Waals surface area contributed by atoms with Crippen LogP contribution in [0.25, 0.3) is 10.9 Å². The van der Waals surface area contributed by atoms with Gasteiger partial charge in [-0.25, -0.2) is 4.79 Å². The van der Waals surface area contributed by atoms with E-state index >= 15 is 0 Å². The van der Waals surface area contributed by atoms with Crippen molar-refractivity contribution in [3.8, 4) is 0 Å². The summed E-state index contributed by atoms with van der Waals surface area (Å²) in [7, 11) is 0. The molecule has 0 aliphatic carbocycles. The first-order chi connectivity index (χ1) is 10.6. The SMILES string of the molecule is CC(C)n1cc(CN2CCOCC2)c2c(C(=O)O)cccc21. The molecule has 0 spiro atoms. The first-order valence-electron chi connectivity index (χ1n) is 7.73. The monoisotopic (exact) mass is 302 g/mol. The third-order valence-electron chi connectivity index (χ3n) is 4.22. The lowest BCUT2D eigenvalue weighted by molar-refractivity contribution is 0.0343. The lowest BCUT2D eigenvalue weighted by Gasteiger charge is -2.26. The Morgan fingerprint density at radius 1 is 1.32 bits per heavy atom. The minimum absolute atomic E-state index is 0.296. The van der Waals surface area contributed by atoms with Crippen LogP contribution in [-0.2, 0) is 11.3 Å². The minimum atomic E-state index is -0.865. The van der Waals surface area contributed by atoms with Crippen molar-refractivity contribution >= 4 is 16.9 Å². The van der Waals surface area contributed by atoms with E-state index in [-0.39, 0.29) is 0 Å². The fourth-order valence-electron chi connectivity index (χ4n) is 3.12. The van der Waals surface area contributed by atoms with Gasteiger partial charge in [0.15, 0.2) is 0 Å². The summed E-state index contributed by atoms with van der Waals surface area (Å²) in [5.41, 5.74) is 2.47. The predicted octanol–water partition coefficient (Wildman–Crippen LogP) is 2.75. The zero-order valence-corrected chi connectivity index (χ0v) is 13.1. The molecule has 2 heterocycles. The van der Waals surface area contributed by atoms with E-state index in [1.165, 1.54) is 0 Å². The largest absolute Gasteiger partial charge is 0.478 e. The van der Waals surface area contributed by atoms with Crippen LogP contribution in [0, 0.1) is 0 Å². The Morgan fingerprint density at radius 2 is 2.05 bits per heavy atom. The minimum Gasteiger partial charge on any atom is -0.478 e. The molecule has 1 N–H and O–H groups in total. The Bertz CT molecular complexity index is 685. The molecule has 0 atom stereocenters. The molecule has 1 aliphatic heterocycles. The number of benzene rings is 1. The van der Waals surface area contributed by atoms with Crippen molar-refractivity contribution < 1.29 is 14.6 Å². The van der Waals surface area contributed by atoms with Crippen molar-refractivity contribution in [3.63, 3.8) is 0 Å². The van der Waals surface area contributed by atoms with E-state index in [2.05, 4.69) is 29.5 Å². The van der Waals surface area contributed by atoms with Gasteiger partial charge < -0.3 is 14.4 Å². The second-order valence-corrected chi connectivity index (χ2v) is 6.05. The van der Waals surface area contributed by atoms with Crippen LogP contribution < -0.4 is 0 Å². The molecule has 22 heavy (non-hydrogen) atoms. The highest BCUT2D eigenvalue weighted by atomic mass is 16.5. The van der Waals surface area contributed by atoms with Gasteiger partial charge in [0.2, 0.25) is 0 Å². The number of morpholine rings is 1. The van der Waals surface area contributed by atoms with Crippen molar-refractivity contribution in [2.45, 2.75) is 26.4 Å². The topological polar surface area (TPSA) is 54.7 Å². The number of carboxylic acids is 1. The molecule has 118 valence electrons. The third kappa shape index (κ3) is 2.74. The Morgan fingerprint density at radius 3 is 2.68 bits per heavy atom. The number of fused-ring (bicyclic) bond motifs is 1. The van der Waals surface area contributed by atoms with Crippen LogP contribution >= 0.6 is 0 Å². The summed E-state index contributed by atoms with van der Waals surface area (Å²) in [6.07, 6.45) is 2.11. The predicted molar refractivity (Wildman–Crippen MR) is 85.4 cm³/mol. The number of hydrogen-bond donors (Lipinski definition) is 1. The Kier molecular flexibility index (Phi) is 4.18. The van der Waals surface area contributed by atoms with Crippen LogP contribution in [0.15, 0.2) is 24.4 Å². The first kappa shape index (κ1) is 15.1. The maximum atomic E-state index is 11.6. The van der Waals surface area contributed by atoms with E-state index in [1.54, 1.807) is 6.07 Å². The molecule has 2 aromatic rings. The third-order valence-corrected chi connectivity index (χ3v) is 4.22. The second-order valence-electron chi connectivity index (χ2n) is 6.05. The average molecular weight is 302 g/mol. The fourth-order valence-corrected chi connectivity index (χ4v) is 3.12. The van der Waals surface area contributed by atoms with Crippen molar-refractivity contribution in [1.82, 2.24) is 9.47 Å². The van der Waals surface area contributed by atoms with E-state index in [4.69, 9.17) is 4.74 Å². The van der Waals surface area contributed by atoms with E-state index in [1.807, 2.05) is 12.1 Å². The molecule has 0 radical (unpaired) electrons. The Balaban J connectivity index is 2.09. The molecule has 5 nitrogen and oxygen atoms in total. The fraction of sp³-hybridized carbons (Fsp3) is 0.471. The second kappa shape index (κ2) is 6.10. The van der Waals surface area contributed by atoms with Gasteiger partial charge in [-0.2, -0.15) is 0 Å². The zero-order valence-electron chi connectivity index (χ0n) is 13.1. The number of rotatable bonds is 4. The zero-order chi connectivity index (χ0) is 15.7. The van der Waals surface area contributed by atoms with Crippen molar-refractivity contribution in [1.29, 1.82) is 0 Å². The number of nitrogens with zero attached hydrogens (tertiary/aromatic N) is 2. The van der Waals surface area contributed by atoms with Crippen LogP contribution in [-0.4, -0.2) is 46.8 Å². The number of hydrogen-bond acceptors (Lipinski definition) is 3. The number of ether oxygens (including phenoxy) is 1. The molecule has 0 amide bonds. The number of aromatic carboxylic acids is 1. The van der Waals surface area contributed by atoms with E-state index in [0.717, 1.165) is 49.3 Å². The van der Waals surface area contributed by atoms with Gasteiger partial charge in [-0.05, 0) is 31.5 Å². The van der Waals surface area contributed by atoms with Gasteiger partial charge in [0.05, 0.1) is 18.8 Å². The highest BCUT2D eigenvalue weighted by Gasteiger charge is 2.20. The maximum absolute atomic E-state index is 11.6. The number of carbonyl (C=O) groups is 1. The molecule has 0 unspecified atom stereocenters. The summed E-state index contributed by atoms with van der Waals surface area (Å²) in [4.78, 5) is 13.9.